The van der Waals surface area contributed by atoms with Gasteiger partial charge in [-0.25, -0.2) is 4.39 Å². The van der Waals surface area contributed by atoms with E-state index in [1.165, 1.54) is 24.3 Å². The van der Waals surface area contributed by atoms with E-state index in [0.717, 1.165) is 41.0 Å². The van der Waals surface area contributed by atoms with E-state index in [1.807, 2.05) is 6.07 Å². The normalized spacial score (nSPS) is 12.1. The van der Waals surface area contributed by atoms with Crippen LogP contribution in [-0.4, -0.2) is 22.4 Å². The largest absolute Gasteiger partial charge is 0.396 e. The predicted octanol–water partition coefficient (Wildman–Crippen LogP) is 5.22. The van der Waals surface area contributed by atoms with Gasteiger partial charge in [-0.15, -0.1) is 11.8 Å². The van der Waals surface area contributed by atoms with E-state index in [-0.39, 0.29) is 24.0 Å². The number of nitro benzene ring substituents is 1. The van der Waals surface area contributed by atoms with Crippen LogP contribution in [0.15, 0.2) is 47.4 Å². The van der Waals surface area contributed by atoms with Gasteiger partial charge in [-0.1, -0.05) is 31.9 Å². The molecule has 0 saturated heterocycles. The Morgan fingerprint density at radius 3 is 2.77 bits per heavy atom. The molecule has 2 aromatic rings. The molecule has 1 atom stereocenters. The van der Waals surface area contributed by atoms with Gasteiger partial charge in [-0.05, 0) is 48.1 Å². The van der Waals surface area contributed by atoms with Crippen LogP contribution in [0.25, 0.3) is 0 Å². The molecular formula is C20H24FNO3S. The molecule has 0 aromatic heterocycles. The number of aliphatic hydroxyl groups is 1. The molecule has 2 rings (SSSR count). The molecule has 0 amide bonds. The Kier molecular flexibility index (Phi) is 8.06. The standard InChI is InChI=1S/C20H24FNO3S/c1-2-3-5-16(13-23)14-26-20-9-8-18(21)12-17(20)10-15-6-4-7-19(11-15)22(24)25/h4,6-9,11-12,16,23H,2-3,5,10,13-14H2,1H3/t16-/m0/s1. The van der Waals surface area contributed by atoms with E-state index in [9.17, 15) is 19.6 Å². The van der Waals surface area contributed by atoms with Crippen LogP contribution in [0.4, 0.5) is 10.1 Å². The summed E-state index contributed by atoms with van der Waals surface area (Å²) in [5.74, 6) is 0.666. The molecule has 0 saturated carbocycles. The van der Waals surface area contributed by atoms with Crippen molar-refractivity contribution in [2.45, 2.75) is 37.5 Å². The lowest BCUT2D eigenvalue weighted by Gasteiger charge is -2.15. The average Bonchev–Trinajstić information content (AvgIpc) is 2.63. The number of nitro groups is 1. The number of benzene rings is 2. The maximum atomic E-state index is 13.7. The van der Waals surface area contributed by atoms with Crippen molar-refractivity contribution >= 4 is 17.4 Å². The molecule has 26 heavy (non-hydrogen) atoms. The summed E-state index contributed by atoms with van der Waals surface area (Å²) in [4.78, 5) is 11.5. The van der Waals surface area contributed by atoms with Gasteiger partial charge in [-0.3, -0.25) is 10.1 Å². The number of hydrogen-bond donors (Lipinski definition) is 1. The molecule has 0 aliphatic rings. The molecule has 0 unspecified atom stereocenters. The minimum atomic E-state index is -0.426. The Bertz CT molecular complexity index is 739. The smallest absolute Gasteiger partial charge is 0.269 e. The van der Waals surface area contributed by atoms with Gasteiger partial charge in [0.05, 0.1) is 4.92 Å². The van der Waals surface area contributed by atoms with Crippen LogP contribution in [0.1, 0.15) is 37.3 Å². The van der Waals surface area contributed by atoms with Crippen LogP contribution in [0, 0.1) is 21.8 Å². The van der Waals surface area contributed by atoms with Crippen LogP contribution in [0.3, 0.4) is 0 Å². The summed E-state index contributed by atoms with van der Waals surface area (Å²) in [6.45, 7) is 2.27. The van der Waals surface area contributed by atoms with Crippen molar-refractivity contribution in [1.82, 2.24) is 0 Å². The first-order chi connectivity index (χ1) is 12.5. The fourth-order valence-electron chi connectivity index (χ4n) is 2.75. The van der Waals surface area contributed by atoms with Gasteiger partial charge in [-0.2, -0.15) is 0 Å². The van der Waals surface area contributed by atoms with E-state index in [1.54, 1.807) is 23.9 Å². The molecule has 140 valence electrons. The van der Waals surface area contributed by atoms with Crippen LogP contribution >= 0.6 is 11.8 Å². The summed E-state index contributed by atoms with van der Waals surface area (Å²) in [5, 5.41) is 20.5. The minimum absolute atomic E-state index is 0.0352. The highest BCUT2D eigenvalue weighted by Crippen LogP contribution is 2.29. The van der Waals surface area contributed by atoms with Crippen molar-refractivity contribution in [3.05, 3.63) is 69.5 Å². The SMILES string of the molecule is CCCC[C@@H](CO)CSc1ccc(F)cc1Cc1cccc([N+](=O)[O-])c1. The highest BCUT2D eigenvalue weighted by molar-refractivity contribution is 7.99. The molecule has 0 bridgehead atoms. The number of unbranched alkanes of at least 4 members (excludes halogenated alkanes) is 1. The van der Waals surface area contributed by atoms with E-state index >= 15 is 0 Å². The van der Waals surface area contributed by atoms with Crippen molar-refractivity contribution in [2.24, 2.45) is 5.92 Å². The van der Waals surface area contributed by atoms with Crippen molar-refractivity contribution in [3.8, 4) is 0 Å². The first-order valence-electron chi connectivity index (χ1n) is 8.79. The quantitative estimate of drug-likeness (QED) is 0.350. The molecule has 0 radical (unpaired) electrons. The van der Waals surface area contributed by atoms with Gasteiger partial charge in [0, 0.05) is 29.4 Å². The number of thioether (sulfide) groups is 1. The number of aliphatic hydroxyl groups excluding tert-OH is 1. The second kappa shape index (κ2) is 10.3. The second-order valence-electron chi connectivity index (χ2n) is 6.36. The van der Waals surface area contributed by atoms with Crippen molar-refractivity contribution in [1.29, 1.82) is 0 Å². The monoisotopic (exact) mass is 377 g/mol. The van der Waals surface area contributed by atoms with Crippen LogP contribution in [0.2, 0.25) is 0 Å². The van der Waals surface area contributed by atoms with Crippen LogP contribution in [-0.2, 0) is 6.42 Å². The molecule has 0 fully saturated rings. The van der Waals surface area contributed by atoms with E-state index < -0.39 is 4.92 Å². The summed E-state index contributed by atoms with van der Waals surface area (Å²) in [5.41, 5.74) is 1.62. The summed E-state index contributed by atoms with van der Waals surface area (Å²) < 4.78 is 13.7. The van der Waals surface area contributed by atoms with E-state index in [0.29, 0.717) is 6.42 Å². The summed E-state index contributed by atoms with van der Waals surface area (Å²) in [6, 6.07) is 11.1. The van der Waals surface area contributed by atoms with E-state index in [2.05, 4.69) is 6.92 Å². The second-order valence-corrected chi connectivity index (χ2v) is 7.42. The van der Waals surface area contributed by atoms with Gasteiger partial charge in [0.15, 0.2) is 0 Å². The molecule has 6 heteroatoms. The predicted molar refractivity (Wildman–Crippen MR) is 103 cm³/mol. The van der Waals surface area contributed by atoms with Gasteiger partial charge in [0.25, 0.3) is 5.69 Å². The van der Waals surface area contributed by atoms with Gasteiger partial charge < -0.3 is 5.11 Å². The maximum Gasteiger partial charge on any atom is 0.269 e. The third-order valence-electron chi connectivity index (χ3n) is 4.24. The molecule has 4 nitrogen and oxygen atoms in total. The first-order valence-corrected chi connectivity index (χ1v) is 9.77. The lowest BCUT2D eigenvalue weighted by atomic mass is 10.0. The molecular weight excluding hydrogens is 353 g/mol. The molecule has 0 aliphatic heterocycles. The fraction of sp³-hybridized carbons (Fsp3) is 0.400. The summed E-state index contributed by atoms with van der Waals surface area (Å²) in [6.07, 6.45) is 3.58. The topological polar surface area (TPSA) is 63.4 Å². The zero-order chi connectivity index (χ0) is 18.9. The molecule has 0 aliphatic carbocycles. The first kappa shape index (κ1) is 20.4. The zero-order valence-corrected chi connectivity index (χ0v) is 15.7. The van der Waals surface area contributed by atoms with Gasteiger partial charge in [0.2, 0.25) is 0 Å². The number of rotatable bonds is 10. The Morgan fingerprint density at radius 2 is 2.08 bits per heavy atom. The van der Waals surface area contributed by atoms with Crippen molar-refractivity contribution < 1.29 is 14.4 Å². The number of hydrogen-bond acceptors (Lipinski definition) is 4. The summed E-state index contributed by atoms with van der Waals surface area (Å²) >= 11 is 1.61. The third-order valence-corrected chi connectivity index (χ3v) is 5.58. The Hall–Kier alpha value is -1.92. The van der Waals surface area contributed by atoms with Crippen LogP contribution < -0.4 is 0 Å². The van der Waals surface area contributed by atoms with E-state index in [4.69, 9.17) is 0 Å². The molecule has 2 aromatic carbocycles. The molecule has 1 N–H and O–H groups in total. The number of non-ortho nitro benzene ring substituents is 1. The Labute approximate surface area is 157 Å². The lowest BCUT2D eigenvalue weighted by Crippen LogP contribution is -2.09. The molecule has 0 spiro atoms. The van der Waals surface area contributed by atoms with Crippen LogP contribution in [0.5, 0.6) is 0 Å². The van der Waals surface area contributed by atoms with Crippen molar-refractivity contribution in [2.75, 3.05) is 12.4 Å². The maximum absolute atomic E-state index is 13.7. The molecule has 0 heterocycles. The number of halogens is 1. The number of nitrogens with zero attached hydrogens (tertiary/aromatic N) is 1. The van der Waals surface area contributed by atoms with Gasteiger partial charge >= 0.3 is 0 Å². The minimum Gasteiger partial charge on any atom is -0.396 e. The Balaban J connectivity index is 2.14. The fourth-order valence-corrected chi connectivity index (χ4v) is 3.92. The highest BCUT2D eigenvalue weighted by atomic mass is 32.2. The lowest BCUT2D eigenvalue weighted by molar-refractivity contribution is -0.384. The summed E-state index contributed by atoms with van der Waals surface area (Å²) in [7, 11) is 0. The third kappa shape index (κ3) is 6.11. The highest BCUT2D eigenvalue weighted by Gasteiger charge is 2.12. The van der Waals surface area contributed by atoms with Gasteiger partial charge in [0.1, 0.15) is 5.82 Å². The zero-order valence-electron chi connectivity index (χ0n) is 14.9. The average molecular weight is 377 g/mol. The van der Waals surface area contributed by atoms with Crippen molar-refractivity contribution in [3.63, 3.8) is 0 Å². The Morgan fingerprint density at radius 1 is 1.27 bits per heavy atom.